The van der Waals surface area contributed by atoms with Gasteiger partial charge < -0.3 is 5.73 Å². The predicted molar refractivity (Wildman–Crippen MR) is 68.5 cm³/mol. The minimum absolute atomic E-state index is 0.676. The monoisotopic (exact) mass is 242 g/mol. The first-order valence-corrected chi connectivity index (χ1v) is 7.53. The molecule has 2 nitrogen and oxygen atoms in total. The van der Waals surface area contributed by atoms with Crippen molar-refractivity contribution in [3.63, 3.8) is 0 Å². The van der Waals surface area contributed by atoms with Crippen molar-refractivity contribution in [2.24, 2.45) is 5.73 Å². The number of aromatic nitrogens is 1. The molecule has 2 heterocycles. The molecule has 0 saturated carbocycles. The van der Waals surface area contributed by atoms with Crippen LogP contribution in [0.3, 0.4) is 0 Å². The van der Waals surface area contributed by atoms with Gasteiger partial charge in [0, 0.05) is 11.1 Å². The number of thioether (sulfide) groups is 1. The summed E-state index contributed by atoms with van der Waals surface area (Å²) in [7, 11) is 0. The molecule has 1 atom stereocenters. The van der Waals surface area contributed by atoms with Gasteiger partial charge in [-0.2, -0.15) is 11.8 Å². The maximum atomic E-state index is 5.51. The number of hydrogen-bond acceptors (Lipinski definition) is 4. The molecule has 2 N–H and O–H groups in total. The molecular weight excluding hydrogens is 224 g/mol. The minimum Gasteiger partial charge on any atom is -0.330 e. The highest BCUT2D eigenvalue weighted by Crippen LogP contribution is 2.39. The third-order valence-electron chi connectivity index (χ3n) is 2.65. The number of nitrogens with zero attached hydrogens (tertiary/aromatic N) is 1. The summed E-state index contributed by atoms with van der Waals surface area (Å²) >= 11 is 3.97. The molecule has 1 unspecified atom stereocenters. The summed E-state index contributed by atoms with van der Waals surface area (Å²) in [5.41, 5.74) is 5.51. The third kappa shape index (κ3) is 3.20. The topological polar surface area (TPSA) is 38.9 Å². The maximum Gasteiger partial charge on any atom is 0.106 e. The first-order valence-electron chi connectivity index (χ1n) is 5.66. The van der Waals surface area contributed by atoms with E-state index in [2.05, 4.69) is 16.7 Å². The van der Waals surface area contributed by atoms with Gasteiger partial charge in [-0.05, 0) is 38.0 Å². The van der Waals surface area contributed by atoms with E-state index in [0.29, 0.717) is 5.25 Å². The van der Waals surface area contributed by atoms with Crippen LogP contribution in [-0.4, -0.2) is 17.3 Å². The molecule has 0 radical (unpaired) electrons. The predicted octanol–water partition coefficient (Wildman–Crippen LogP) is 2.99. The van der Waals surface area contributed by atoms with Crippen LogP contribution in [0.1, 0.15) is 40.8 Å². The normalized spacial score (nSPS) is 21.8. The summed E-state index contributed by atoms with van der Waals surface area (Å²) in [6, 6.07) is 0. The molecular formula is C11H18N2S2. The lowest BCUT2D eigenvalue weighted by Gasteiger charge is -2.18. The largest absolute Gasteiger partial charge is 0.330 e. The van der Waals surface area contributed by atoms with Crippen LogP contribution in [0.25, 0.3) is 0 Å². The van der Waals surface area contributed by atoms with Crippen LogP contribution in [0.15, 0.2) is 6.20 Å². The van der Waals surface area contributed by atoms with Crippen molar-refractivity contribution in [3.8, 4) is 0 Å². The lowest BCUT2D eigenvalue weighted by atomic mass is 10.2. The SMILES string of the molecule is NCCCc1cnc(C2CCCCS2)s1. The van der Waals surface area contributed by atoms with Crippen LogP contribution in [0, 0.1) is 0 Å². The molecule has 15 heavy (non-hydrogen) atoms. The van der Waals surface area contributed by atoms with Crippen LogP contribution in [0.5, 0.6) is 0 Å². The number of rotatable bonds is 4. The zero-order valence-corrected chi connectivity index (χ0v) is 10.6. The Bertz CT molecular complexity index is 293. The first-order chi connectivity index (χ1) is 7.40. The molecule has 1 fully saturated rings. The molecule has 0 spiro atoms. The van der Waals surface area contributed by atoms with Crippen molar-refractivity contribution in [1.82, 2.24) is 4.98 Å². The third-order valence-corrected chi connectivity index (χ3v) is 5.36. The number of nitrogens with two attached hydrogens (primary N) is 1. The van der Waals surface area contributed by atoms with E-state index in [0.717, 1.165) is 19.4 Å². The van der Waals surface area contributed by atoms with Gasteiger partial charge in [0.1, 0.15) is 5.01 Å². The van der Waals surface area contributed by atoms with Crippen molar-refractivity contribution in [3.05, 3.63) is 16.1 Å². The highest BCUT2D eigenvalue weighted by atomic mass is 32.2. The summed E-state index contributed by atoms with van der Waals surface area (Å²) in [6.45, 7) is 0.783. The molecule has 1 aliphatic heterocycles. The second-order valence-corrected chi connectivity index (χ2v) is 6.37. The fraction of sp³-hybridized carbons (Fsp3) is 0.727. The highest BCUT2D eigenvalue weighted by Gasteiger charge is 2.18. The van der Waals surface area contributed by atoms with Gasteiger partial charge in [0.05, 0.1) is 5.25 Å². The summed E-state index contributed by atoms with van der Waals surface area (Å²) in [5.74, 6) is 1.31. The molecule has 1 aliphatic rings. The molecule has 0 bridgehead atoms. The molecule has 2 rings (SSSR count). The summed E-state index contributed by atoms with van der Waals surface area (Å²) in [5, 5.41) is 2.02. The standard InChI is InChI=1S/C11H18N2S2/c12-6-3-4-9-8-13-11(15-9)10-5-1-2-7-14-10/h8,10H,1-7,12H2. The van der Waals surface area contributed by atoms with E-state index in [1.54, 1.807) is 0 Å². The van der Waals surface area contributed by atoms with Crippen LogP contribution < -0.4 is 5.73 Å². The Hall–Kier alpha value is -0.0600. The fourth-order valence-electron chi connectivity index (χ4n) is 1.80. The quantitative estimate of drug-likeness (QED) is 0.882. The average molecular weight is 242 g/mol. The zero-order valence-electron chi connectivity index (χ0n) is 8.95. The lowest BCUT2D eigenvalue weighted by Crippen LogP contribution is -2.01. The van der Waals surface area contributed by atoms with E-state index in [-0.39, 0.29) is 0 Å². The Balaban J connectivity index is 1.93. The highest BCUT2D eigenvalue weighted by molar-refractivity contribution is 7.99. The number of aryl methyl sites for hydroxylation is 1. The Labute approximate surface area is 99.7 Å². The molecule has 1 aromatic rings. The maximum absolute atomic E-state index is 5.51. The van der Waals surface area contributed by atoms with E-state index in [1.807, 2.05) is 17.5 Å². The Morgan fingerprint density at radius 3 is 3.13 bits per heavy atom. The van der Waals surface area contributed by atoms with Crippen molar-refractivity contribution in [2.45, 2.75) is 37.4 Å². The molecule has 84 valence electrons. The van der Waals surface area contributed by atoms with Gasteiger partial charge in [-0.25, -0.2) is 4.98 Å². The Kier molecular flexibility index (Phi) is 4.47. The van der Waals surface area contributed by atoms with Crippen molar-refractivity contribution >= 4 is 23.1 Å². The number of hydrogen-bond donors (Lipinski definition) is 1. The summed E-state index contributed by atoms with van der Waals surface area (Å²) < 4.78 is 0. The Morgan fingerprint density at radius 2 is 2.40 bits per heavy atom. The fourth-order valence-corrected chi connectivity index (χ4v) is 4.31. The van der Waals surface area contributed by atoms with Gasteiger partial charge >= 0.3 is 0 Å². The van der Waals surface area contributed by atoms with E-state index in [1.165, 1.54) is 34.9 Å². The zero-order chi connectivity index (χ0) is 10.5. The minimum atomic E-state index is 0.676. The molecule has 1 saturated heterocycles. The van der Waals surface area contributed by atoms with Gasteiger partial charge in [-0.1, -0.05) is 6.42 Å². The van der Waals surface area contributed by atoms with Crippen LogP contribution in [-0.2, 0) is 6.42 Å². The van der Waals surface area contributed by atoms with Gasteiger partial charge in [-0.3, -0.25) is 0 Å². The van der Waals surface area contributed by atoms with Gasteiger partial charge in [-0.15, -0.1) is 11.3 Å². The smallest absolute Gasteiger partial charge is 0.106 e. The van der Waals surface area contributed by atoms with E-state index >= 15 is 0 Å². The summed E-state index contributed by atoms with van der Waals surface area (Å²) in [4.78, 5) is 5.95. The van der Waals surface area contributed by atoms with Gasteiger partial charge in [0.2, 0.25) is 0 Å². The van der Waals surface area contributed by atoms with E-state index in [9.17, 15) is 0 Å². The second kappa shape index (κ2) is 5.87. The van der Waals surface area contributed by atoms with Crippen LogP contribution in [0.4, 0.5) is 0 Å². The van der Waals surface area contributed by atoms with Crippen LogP contribution in [0.2, 0.25) is 0 Å². The molecule has 4 heteroatoms. The van der Waals surface area contributed by atoms with Crippen molar-refractivity contribution < 1.29 is 0 Å². The molecule has 0 amide bonds. The lowest BCUT2D eigenvalue weighted by molar-refractivity contribution is 0.683. The van der Waals surface area contributed by atoms with Gasteiger partial charge in [0.15, 0.2) is 0 Å². The molecule has 0 aromatic carbocycles. The molecule has 1 aromatic heterocycles. The first kappa shape index (κ1) is 11.4. The van der Waals surface area contributed by atoms with Gasteiger partial charge in [0.25, 0.3) is 0 Å². The molecule has 0 aliphatic carbocycles. The Morgan fingerprint density at radius 1 is 1.47 bits per heavy atom. The van der Waals surface area contributed by atoms with Crippen LogP contribution >= 0.6 is 23.1 Å². The average Bonchev–Trinajstić information content (AvgIpc) is 2.76. The van der Waals surface area contributed by atoms with E-state index in [4.69, 9.17) is 5.73 Å². The van der Waals surface area contributed by atoms with Crippen molar-refractivity contribution in [1.29, 1.82) is 0 Å². The van der Waals surface area contributed by atoms with Crippen molar-refractivity contribution in [2.75, 3.05) is 12.3 Å². The number of thiazole rings is 1. The summed E-state index contributed by atoms with van der Waals surface area (Å²) in [6.07, 6.45) is 8.30. The second-order valence-electron chi connectivity index (χ2n) is 3.91. The van der Waals surface area contributed by atoms with E-state index < -0.39 is 0 Å².